The van der Waals surface area contributed by atoms with Gasteiger partial charge in [0.25, 0.3) is 0 Å². The van der Waals surface area contributed by atoms with Gasteiger partial charge in [0.2, 0.25) is 0 Å². The van der Waals surface area contributed by atoms with E-state index in [1.54, 1.807) is 0 Å². The zero-order chi connectivity index (χ0) is 44.1. The molecule has 0 aromatic heterocycles. The van der Waals surface area contributed by atoms with Crippen LogP contribution in [0.2, 0.25) is 0 Å². The molecule has 1 N–H and O–H groups in total. The molecule has 9 atom stereocenters. The molecule has 1 heterocycles. The molecular formula is C51H92O4. The zero-order valence-electron chi connectivity index (χ0n) is 40.4. The third-order valence-electron chi connectivity index (χ3n) is 17.2. The van der Waals surface area contributed by atoms with Crippen molar-refractivity contribution in [3.8, 4) is 12.3 Å². The number of hydrogen-bond acceptors (Lipinski definition) is 3. The smallest absolute Gasteiger partial charge is 0 e. The molecule has 320 valence electrons. The van der Waals surface area contributed by atoms with Crippen LogP contribution < -0.4 is 0 Å². The first-order chi connectivity index (χ1) is 24.2. The van der Waals surface area contributed by atoms with E-state index in [0.29, 0.717) is 34.5 Å². The van der Waals surface area contributed by atoms with E-state index >= 15 is 0 Å². The van der Waals surface area contributed by atoms with Crippen molar-refractivity contribution in [1.29, 1.82) is 0 Å². The van der Waals surface area contributed by atoms with Crippen LogP contribution in [-0.2, 0) is 14.2 Å². The first-order valence-corrected chi connectivity index (χ1v) is 21.5. The minimum atomic E-state index is -0.969. The van der Waals surface area contributed by atoms with Gasteiger partial charge in [0.15, 0.2) is 0 Å². The Balaban J connectivity index is 0.000000787. The molecule has 4 aliphatic rings. The molecule has 1 spiro atoms. The number of hydrogen-bond donors (Lipinski definition) is 1. The minimum Gasteiger partial charge on any atom is 0 e. The molecular weight excluding hydrogens is 677 g/mol. The maximum atomic E-state index is 11.8. The van der Waals surface area contributed by atoms with E-state index < -0.39 is 5.60 Å². The van der Waals surface area contributed by atoms with Crippen LogP contribution in [0.4, 0.5) is 0 Å². The summed E-state index contributed by atoms with van der Waals surface area (Å²) in [5, 5.41) is 10.9. The van der Waals surface area contributed by atoms with Crippen LogP contribution >= 0.6 is 0 Å². The number of carbonyl (C=O) groups is 1. The number of allylic oxidation sites excluding steroid dienone is 1. The summed E-state index contributed by atoms with van der Waals surface area (Å²) in [6.07, 6.45) is 15.9. The van der Waals surface area contributed by atoms with Crippen LogP contribution in [0.25, 0.3) is 0 Å². The summed E-state index contributed by atoms with van der Waals surface area (Å²) < 4.78 is 13.4. The minimum absolute atomic E-state index is 0. The monoisotopic (exact) mass is 769 g/mol. The number of aliphatic hydroxyl groups is 1. The van der Waals surface area contributed by atoms with E-state index in [-0.39, 0.29) is 50.9 Å². The van der Waals surface area contributed by atoms with Gasteiger partial charge < -0.3 is 9.84 Å². The van der Waals surface area contributed by atoms with Crippen molar-refractivity contribution in [2.45, 2.75) is 215 Å². The van der Waals surface area contributed by atoms with E-state index in [9.17, 15) is 9.90 Å². The molecule has 0 aromatic carbocycles. The first-order valence-electron chi connectivity index (χ1n) is 21.5. The fourth-order valence-electron chi connectivity index (χ4n) is 13.2. The van der Waals surface area contributed by atoms with Crippen molar-refractivity contribution in [2.75, 3.05) is 0 Å². The van der Waals surface area contributed by atoms with Crippen LogP contribution in [0.3, 0.4) is 0 Å². The standard InChI is InChI=1S/C17H30O2.C17H32.C16H28O.CO.H2/c1-14(2,3)12-8-10-17(11-9-13(18)19-17)16(12,7)15(4,5)6;1-10-16(8)12-11-13(14(2,3)4)17(16,9)15(5,6)7;1-9-16(17)11-10-12(13(2,3)4)15(16,8)14(5,6)7;1-2;/h12H,8-11H2,1-7H3;10,13H,1,11-12H2,2-9H3;1,12,17H,10-11H2,2-8H3;;1H/t12?,16-,17-;13?,16-,17-;12?,15-,16+;;/m111../s1. The van der Waals surface area contributed by atoms with E-state index in [0.717, 1.165) is 31.6 Å². The molecule has 1 aliphatic heterocycles. The quantitative estimate of drug-likeness (QED) is 0.0950. The van der Waals surface area contributed by atoms with Gasteiger partial charge in [-0.15, -0.1) is 13.0 Å². The van der Waals surface area contributed by atoms with Crippen LogP contribution in [0.15, 0.2) is 12.7 Å². The molecule has 55 heavy (non-hydrogen) atoms. The second-order valence-electron chi connectivity index (χ2n) is 25.3. The van der Waals surface area contributed by atoms with Crippen LogP contribution in [-0.4, -0.2) is 22.3 Å². The number of esters is 1. The Labute approximate surface area is 344 Å². The topological polar surface area (TPSA) is 66.4 Å². The number of carbonyl (C=O) groups excluding carboxylic acids is 1. The first kappa shape index (κ1) is 51.5. The van der Waals surface area contributed by atoms with Gasteiger partial charge in [-0.3, -0.25) is 4.79 Å². The summed E-state index contributed by atoms with van der Waals surface area (Å²) in [4.78, 5) is 11.8. The molecule has 0 amide bonds. The molecule has 0 radical (unpaired) electrons. The van der Waals surface area contributed by atoms with Crippen LogP contribution in [0.5, 0.6) is 0 Å². The molecule has 3 saturated carbocycles. The van der Waals surface area contributed by atoms with Crippen molar-refractivity contribution in [3.63, 3.8) is 0 Å². The van der Waals surface area contributed by atoms with E-state index in [1.165, 1.54) is 19.3 Å². The predicted octanol–water partition coefficient (Wildman–Crippen LogP) is 14.3. The van der Waals surface area contributed by atoms with Crippen molar-refractivity contribution < 1.29 is 20.7 Å². The number of terminal acetylenes is 1. The van der Waals surface area contributed by atoms with E-state index in [1.807, 2.05) is 0 Å². The van der Waals surface area contributed by atoms with Crippen LogP contribution in [0, 0.1) is 90.9 Å². The van der Waals surface area contributed by atoms with Crippen LogP contribution in [0.1, 0.15) is 205 Å². The summed E-state index contributed by atoms with van der Waals surface area (Å²) in [5.41, 5.74) is 0.426. The maximum Gasteiger partial charge on any atom is 0 e. The normalized spacial score (nSPS) is 38.1. The molecule has 3 unspecified atom stereocenters. The fraction of sp³-hybridized carbons (Fsp3) is 0.882. The maximum absolute atomic E-state index is 11.8. The summed E-state index contributed by atoms with van der Waals surface area (Å²) in [7, 11) is 0. The van der Waals surface area contributed by atoms with Gasteiger partial charge in [-0.1, -0.05) is 164 Å². The molecule has 4 nitrogen and oxygen atoms in total. The largest absolute Gasteiger partial charge is 0 e. The number of rotatable bonds is 1. The van der Waals surface area contributed by atoms with Gasteiger partial charge in [0, 0.05) is 18.7 Å². The summed E-state index contributed by atoms with van der Waals surface area (Å²) in [6.45, 7) is 59.8. The van der Waals surface area contributed by atoms with Crippen molar-refractivity contribution in [2.24, 2.45) is 71.9 Å². The second-order valence-corrected chi connectivity index (χ2v) is 25.3. The van der Waals surface area contributed by atoms with Gasteiger partial charge in [-0.05, 0) is 106 Å². The molecule has 4 rings (SSSR count). The van der Waals surface area contributed by atoms with Crippen molar-refractivity contribution in [3.05, 3.63) is 19.3 Å². The van der Waals surface area contributed by atoms with Gasteiger partial charge >= 0.3 is 17.3 Å². The van der Waals surface area contributed by atoms with E-state index in [4.69, 9.17) is 15.8 Å². The number of ether oxygens (including phenoxy) is 1. The van der Waals surface area contributed by atoms with Crippen molar-refractivity contribution >= 4 is 5.97 Å². The van der Waals surface area contributed by atoms with Gasteiger partial charge in [0.05, 0.1) is 0 Å². The Bertz CT molecular complexity index is 1410. The molecule has 0 bridgehead atoms. The Kier molecular flexibility index (Phi) is 14.9. The zero-order valence-corrected chi connectivity index (χ0v) is 40.4. The average Bonchev–Trinajstić information content (AvgIpc) is 3.71. The molecule has 3 aliphatic carbocycles. The predicted molar refractivity (Wildman–Crippen MR) is 235 cm³/mol. The molecule has 4 fully saturated rings. The third kappa shape index (κ3) is 8.77. The van der Waals surface area contributed by atoms with Gasteiger partial charge in [-0.2, -0.15) is 0 Å². The summed E-state index contributed by atoms with van der Waals surface area (Å²) in [6, 6.07) is 0. The van der Waals surface area contributed by atoms with Gasteiger partial charge in [0.1, 0.15) is 11.2 Å². The van der Waals surface area contributed by atoms with E-state index in [2.05, 4.69) is 178 Å². The Morgan fingerprint density at radius 2 is 1.02 bits per heavy atom. The molecule has 0 aromatic rings. The second kappa shape index (κ2) is 15.9. The van der Waals surface area contributed by atoms with Crippen molar-refractivity contribution in [1.82, 2.24) is 0 Å². The molecule has 1 saturated heterocycles. The fourth-order valence-corrected chi connectivity index (χ4v) is 13.2. The summed E-state index contributed by atoms with van der Waals surface area (Å²) >= 11 is 0. The Hall–Kier alpha value is -1.53. The third-order valence-corrected chi connectivity index (χ3v) is 17.2. The van der Waals surface area contributed by atoms with Gasteiger partial charge in [-0.25, -0.2) is 0 Å². The Morgan fingerprint density at radius 1 is 0.673 bits per heavy atom. The Morgan fingerprint density at radius 3 is 1.33 bits per heavy atom. The molecule has 4 heteroatoms. The average molecular weight is 769 g/mol. The summed E-state index contributed by atoms with van der Waals surface area (Å²) in [5.74, 6) is 4.49. The SMILES string of the molecule is C#C[C@]1(O)CCC(C(C)(C)C)[C@]1(C)C(C)(C)C.C=C[C@]1(C)CCC(C(C)(C)C)[C@]1(C)C(C)(C)C.CC(C)(C)C1CC[C@@]2(CCC(=O)O2)[C@@]1(C)C(C)(C)C.[C-]#[O+].[HH].